The lowest BCUT2D eigenvalue weighted by Gasteiger charge is -2.10. The van der Waals surface area contributed by atoms with Gasteiger partial charge in [0.2, 0.25) is 0 Å². The number of anilines is 1. The van der Waals surface area contributed by atoms with Crippen molar-refractivity contribution in [3.63, 3.8) is 0 Å². The molecule has 0 saturated heterocycles. The van der Waals surface area contributed by atoms with Gasteiger partial charge in [-0.15, -0.1) is 0 Å². The Hall–Kier alpha value is -0.960. The molecule has 0 aliphatic heterocycles. The van der Waals surface area contributed by atoms with Crippen LogP contribution in [0.25, 0.3) is 0 Å². The molecule has 0 fully saturated rings. The summed E-state index contributed by atoms with van der Waals surface area (Å²) in [6, 6.07) is 5.02. The third kappa shape index (κ3) is 2.77. The van der Waals surface area contributed by atoms with Crippen molar-refractivity contribution in [1.29, 1.82) is 0 Å². The second-order valence-corrected chi connectivity index (χ2v) is 3.69. The highest BCUT2D eigenvalue weighted by atomic mass is 35.5. The molecule has 13 heavy (non-hydrogen) atoms. The van der Waals surface area contributed by atoms with E-state index in [4.69, 9.17) is 11.6 Å². The van der Waals surface area contributed by atoms with Crippen LogP contribution in [0.3, 0.4) is 0 Å². The van der Waals surface area contributed by atoms with Crippen molar-refractivity contribution in [3.8, 4) is 0 Å². The van der Waals surface area contributed by atoms with Gasteiger partial charge in [-0.2, -0.15) is 0 Å². The van der Waals surface area contributed by atoms with Crippen LogP contribution < -0.4 is 10.0 Å². The maximum Gasteiger partial charge on any atom is 0.278 e. The van der Waals surface area contributed by atoms with Crippen LogP contribution in [0.15, 0.2) is 18.2 Å². The summed E-state index contributed by atoms with van der Waals surface area (Å²) in [7, 11) is 0. The molecule has 0 saturated carbocycles. The topological polar surface area (TPSA) is 39.0 Å². The fourth-order valence-corrected chi connectivity index (χ4v) is 1.07. The first-order chi connectivity index (χ1) is 6.11. The minimum Gasteiger partial charge on any atom is -0.710 e. The molecule has 4 heteroatoms. The van der Waals surface area contributed by atoms with E-state index in [1.165, 1.54) is 0 Å². The van der Waals surface area contributed by atoms with E-state index < -0.39 is 0 Å². The molecular weight excluding hydrogens is 188 g/mol. The predicted molar refractivity (Wildman–Crippen MR) is 53.7 cm³/mol. The van der Waals surface area contributed by atoms with Crippen molar-refractivity contribution in [2.45, 2.75) is 13.8 Å². The highest BCUT2D eigenvalue weighted by molar-refractivity contribution is 6.28. The normalized spacial score (nSPS) is 10.5. The van der Waals surface area contributed by atoms with Crippen LogP contribution >= 0.6 is 11.6 Å². The Kier molecular flexibility index (Phi) is 3.37. The van der Waals surface area contributed by atoms with Crippen molar-refractivity contribution in [3.05, 3.63) is 28.6 Å². The van der Waals surface area contributed by atoms with Gasteiger partial charge < -0.3 is 5.21 Å². The number of halogens is 1. The van der Waals surface area contributed by atoms with Crippen molar-refractivity contribution in [2.24, 2.45) is 5.92 Å². The minimum atomic E-state index is 0.189. The zero-order chi connectivity index (χ0) is 9.84. The monoisotopic (exact) mass is 200 g/mol. The predicted octanol–water partition coefficient (Wildman–Crippen LogP) is 2.04. The van der Waals surface area contributed by atoms with E-state index in [0.717, 1.165) is 6.54 Å². The summed E-state index contributed by atoms with van der Waals surface area (Å²) in [6.45, 7) is 4.92. The Labute approximate surface area is 82.9 Å². The van der Waals surface area contributed by atoms with Gasteiger partial charge in [0.25, 0.3) is 5.82 Å². The molecule has 0 radical (unpaired) electrons. The van der Waals surface area contributed by atoms with E-state index in [9.17, 15) is 5.21 Å². The van der Waals surface area contributed by atoms with E-state index in [-0.39, 0.29) is 5.15 Å². The molecule has 72 valence electrons. The molecule has 1 aromatic rings. The Balaban J connectivity index is 2.71. The highest BCUT2D eigenvalue weighted by Gasteiger charge is 2.06. The van der Waals surface area contributed by atoms with Gasteiger partial charge in [0.1, 0.15) is 0 Å². The first-order valence-corrected chi connectivity index (χ1v) is 4.61. The van der Waals surface area contributed by atoms with Gasteiger partial charge in [-0.1, -0.05) is 13.8 Å². The molecule has 1 N–H and O–H groups in total. The molecular formula is C9H13ClN2O. The third-order valence-corrected chi connectivity index (χ3v) is 1.87. The zero-order valence-corrected chi connectivity index (χ0v) is 8.51. The zero-order valence-electron chi connectivity index (χ0n) is 7.75. The number of hydrogen-bond donors (Lipinski definition) is 1. The number of aromatic nitrogens is 1. The van der Waals surface area contributed by atoms with Gasteiger partial charge in [0.05, 0.1) is 6.54 Å². The third-order valence-electron chi connectivity index (χ3n) is 1.59. The maximum absolute atomic E-state index is 11.3. The van der Waals surface area contributed by atoms with Crippen LogP contribution in [0.1, 0.15) is 13.8 Å². The average molecular weight is 201 g/mol. The smallest absolute Gasteiger partial charge is 0.278 e. The quantitative estimate of drug-likeness (QED) is 0.461. The van der Waals surface area contributed by atoms with Crippen molar-refractivity contribution in [1.82, 2.24) is 0 Å². The first kappa shape index (κ1) is 10.1. The molecule has 0 atom stereocenters. The van der Waals surface area contributed by atoms with Gasteiger partial charge in [0.15, 0.2) is 5.15 Å². The Morgan fingerprint density at radius 3 is 2.85 bits per heavy atom. The molecule has 0 unspecified atom stereocenters. The summed E-state index contributed by atoms with van der Waals surface area (Å²) in [5.74, 6) is 1.00. The second-order valence-electron chi connectivity index (χ2n) is 3.30. The van der Waals surface area contributed by atoms with E-state index in [2.05, 4.69) is 19.2 Å². The maximum atomic E-state index is 11.3. The number of pyridine rings is 1. The minimum absolute atomic E-state index is 0.189. The molecule has 1 heterocycles. The number of rotatable bonds is 3. The van der Waals surface area contributed by atoms with Gasteiger partial charge in [-0.05, 0) is 29.7 Å². The Bertz CT molecular complexity index is 289. The molecule has 1 aromatic heterocycles. The fraction of sp³-hybridized carbons (Fsp3) is 0.444. The van der Waals surface area contributed by atoms with E-state index in [0.29, 0.717) is 16.5 Å². The SMILES string of the molecule is CC(C)CNc1cccc(Cl)[n+]1[O-]. The van der Waals surface area contributed by atoms with Crippen LogP contribution in [0.4, 0.5) is 5.82 Å². The first-order valence-electron chi connectivity index (χ1n) is 4.23. The van der Waals surface area contributed by atoms with Crippen LogP contribution in [0, 0.1) is 11.1 Å². The van der Waals surface area contributed by atoms with E-state index in [1.54, 1.807) is 18.2 Å². The van der Waals surface area contributed by atoms with E-state index >= 15 is 0 Å². The molecule has 0 aliphatic rings. The van der Waals surface area contributed by atoms with Crippen LogP contribution in [0.2, 0.25) is 5.15 Å². The standard InChI is InChI=1S/C9H13ClN2O/c1-7(2)6-11-9-5-3-4-8(10)12(9)13/h3-5,7,11H,6H2,1-2H3. The number of nitrogens with zero attached hydrogens (tertiary/aromatic N) is 1. The van der Waals surface area contributed by atoms with Crippen molar-refractivity contribution in [2.75, 3.05) is 11.9 Å². The average Bonchev–Trinajstić information content (AvgIpc) is 2.07. The Morgan fingerprint density at radius 1 is 1.54 bits per heavy atom. The second kappa shape index (κ2) is 4.33. The molecule has 0 aromatic carbocycles. The van der Waals surface area contributed by atoms with Gasteiger partial charge in [0, 0.05) is 6.07 Å². The van der Waals surface area contributed by atoms with E-state index in [1.807, 2.05) is 0 Å². The summed E-state index contributed by atoms with van der Waals surface area (Å²) in [5.41, 5.74) is 0. The molecule has 1 rings (SSSR count). The summed E-state index contributed by atoms with van der Waals surface area (Å²) in [4.78, 5) is 0. The van der Waals surface area contributed by atoms with Gasteiger partial charge in [-0.25, -0.2) is 4.73 Å². The van der Waals surface area contributed by atoms with Gasteiger partial charge >= 0.3 is 0 Å². The largest absolute Gasteiger partial charge is 0.710 e. The molecule has 0 spiro atoms. The fourth-order valence-electron chi connectivity index (χ4n) is 0.909. The lowest BCUT2D eigenvalue weighted by Crippen LogP contribution is -2.32. The van der Waals surface area contributed by atoms with Crippen LogP contribution in [-0.4, -0.2) is 6.54 Å². The lowest BCUT2D eigenvalue weighted by molar-refractivity contribution is -0.588. The Morgan fingerprint density at radius 2 is 2.23 bits per heavy atom. The summed E-state index contributed by atoms with van der Waals surface area (Å²) < 4.78 is 0.684. The van der Waals surface area contributed by atoms with Crippen LogP contribution in [-0.2, 0) is 0 Å². The lowest BCUT2D eigenvalue weighted by atomic mass is 10.2. The summed E-state index contributed by atoms with van der Waals surface area (Å²) >= 11 is 5.64. The van der Waals surface area contributed by atoms with Crippen molar-refractivity contribution >= 4 is 17.4 Å². The summed E-state index contributed by atoms with van der Waals surface area (Å²) in [5, 5.41) is 14.5. The molecule has 3 nitrogen and oxygen atoms in total. The highest BCUT2D eigenvalue weighted by Crippen LogP contribution is 2.06. The molecule has 0 bridgehead atoms. The number of hydrogen-bond acceptors (Lipinski definition) is 2. The van der Waals surface area contributed by atoms with Gasteiger partial charge in [-0.3, -0.25) is 5.32 Å². The summed E-state index contributed by atoms with van der Waals surface area (Å²) in [6.07, 6.45) is 0. The molecule has 0 aliphatic carbocycles. The number of nitrogens with one attached hydrogen (secondary N) is 1. The molecule has 0 amide bonds. The van der Waals surface area contributed by atoms with Crippen molar-refractivity contribution < 1.29 is 4.73 Å². The van der Waals surface area contributed by atoms with Crippen LogP contribution in [0.5, 0.6) is 0 Å².